The topological polar surface area (TPSA) is 18.5 Å². The number of hydrogen-bond donors (Lipinski definition) is 1. The number of aryl methyl sites for hydroxylation is 2. The Hall–Kier alpha value is -0.900. The van der Waals surface area contributed by atoms with Crippen LogP contribution < -0.4 is 5.32 Å². The molecule has 0 saturated carbocycles. The minimum absolute atomic E-state index is 0.439. The van der Waals surface area contributed by atoms with Gasteiger partial charge in [-0.1, -0.05) is 23.8 Å². The van der Waals surface area contributed by atoms with E-state index < -0.39 is 0 Å². The molecule has 1 aromatic carbocycles. The van der Waals surface area contributed by atoms with Gasteiger partial charge in [0.1, 0.15) is 0 Å². The van der Waals surface area contributed by atoms with Crippen molar-refractivity contribution >= 4 is 0 Å². The fraction of sp³-hybridized carbons (Fsp3) is 0.647. The molecule has 3 heteroatoms. The van der Waals surface area contributed by atoms with Crippen LogP contribution in [0.5, 0.6) is 0 Å². The Morgan fingerprint density at radius 3 is 2.65 bits per heavy atom. The lowest BCUT2D eigenvalue weighted by molar-refractivity contribution is 0.102. The second-order valence-electron chi connectivity index (χ2n) is 6.33. The Balaban J connectivity index is 2.11. The van der Waals surface area contributed by atoms with Crippen LogP contribution in [0.3, 0.4) is 0 Å². The molecule has 2 unspecified atom stereocenters. The Morgan fingerprint density at radius 1 is 1.25 bits per heavy atom. The molecule has 1 aromatic rings. The molecule has 2 atom stereocenters. The maximum absolute atomic E-state index is 3.52. The van der Waals surface area contributed by atoms with E-state index in [1.54, 1.807) is 0 Å². The van der Waals surface area contributed by atoms with Gasteiger partial charge < -0.3 is 15.1 Å². The Bertz CT molecular complexity index is 444. The molecule has 0 spiro atoms. The monoisotopic (exact) mass is 275 g/mol. The van der Waals surface area contributed by atoms with Crippen molar-refractivity contribution in [3.05, 3.63) is 34.9 Å². The molecule has 2 rings (SSSR count). The molecule has 112 valence electrons. The van der Waals surface area contributed by atoms with Crippen LogP contribution >= 0.6 is 0 Å². The molecule has 0 aromatic heterocycles. The quantitative estimate of drug-likeness (QED) is 0.909. The summed E-state index contributed by atoms with van der Waals surface area (Å²) in [4.78, 5) is 4.95. The van der Waals surface area contributed by atoms with Gasteiger partial charge in [0.15, 0.2) is 0 Å². The standard InChI is InChI=1S/C17H29N3/c1-13-6-7-16(14(2)10-13)17(18-3)11-15-12-19(4)8-9-20(15)5/h6-7,10,15,17-18H,8-9,11-12H2,1-5H3. The predicted octanol–water partition coefficient (Wildman–Crippen LogP) is 2.20. The fourth-order valence-corrected chi connectivity index (χ4v) is 3.24. The number of rotatable bonds is 4. The van der Waals surface area contributed by atoms with E-state index in [-0.39, 0.29) is 0 Å². The molecule has 1 fully saturated rings. The van der Waals surface area contributed by atoms with Crippen LogP contribution in [-0.4, -0.2) is 56.6 Å². The van der Waals surface area contributed by atoms with E-state index in [0.29, 0.717) is 12.1 Å². The molecule has 20 heavy (non-hydrogen) atoms. The lowest BCUT2D eigenvalue weighted by Gasteiger charge is -2.39. The summed E-state index contributed by atoms with van der Waals surface area (Å²) in [5.41, 5.74) is 4.19. The molecular weight excluding hydrogens is 246 g/mol. The van der Waals surface area contributed by atoms with Crippen molar-refractivity contribution in [3.8, 4) is 0 Å². The first-order valence-electron chi connectivity index (χ1n) is 7.64. The average molecular weight is 275 g/mol. The molecule has 0 bridgehead atoms. The summed E-state index contributed by atoms with van der Waals surface area (Å²) in [5, 5.41) is 3.52. The van der Waals surface area contributed by atoms with Crippen LogP contribution in [0.2, 0.25) is 0 Å². The van der Waals surface area contributed by atoms with Crippen molar-refractivity contribution in [2.45, 2.75) is 32.4 Å². The molecule has 1 aliphatic rings. The van der Waals surface area contributed by atoms with Crippen molar-refractivity contribution in [1.82, 2.24) is 15.1 Å². The van der Waals surface area contributed by atoms with Gasteiger partial charge in [-0.15, -0.1) is 0 Å². The molecule has 1 saturated heterocycles. The van der Waals surface area contributed by atoms with Gasteiger partial charge in [0.2, 0.25) is 0 Å². The van der Waals surface area contributed by atoms with Gasteiger partial charge in [0, 0.05) is 31.7 Å². The lowest BCUT2D eigenvalue weighted by Crippen LogP contribution is -2.50. The van der Waals surface area contributed by atoms with E-state index in [9.17, 15) is 0 Å². The molecule has 3 nitrogen and oxygen atoms in total. The largest absolute Gasteiger partial charge is 0.313 e. The summed E-state index contributed by atoms with van der Waals surface area (Å²) in [6.45, 7) is 7.91. The average Bonchev–Trinajstić information content (AvgIpc) is 2.40. The first kappa shape index (κ1) is 15.5. The third-order valence-electron chi connectivity index (χ3n) is 4.64. The first-order chi connectivity index (χ1) is 9.51. The minimum atomic E-state index is 0.439. The molecule has 1 N–H and O–H groups in total. The van der Waals surface area contributed by atoms with E-state index in [4.69, 9.17) is 0 Å². The Labute approximate surface area is 124 Å². The molecular formula is C17H29N3. The highest BCUT2D eigenvalue weighted by atomic mass is 15.3. The normalized spacial score (nSPS) is 22.9. The van der Waals surface area contributed by atoms with E-state index in [0.717, 1.165) is 0 Å². The number of benzene rings is 1. The Morgan fingerprint density at radius 2 is 2.00 bits per heavy atom. The van der Waals surface area contributed by atoms with Gasteiger partial charge >= 0.3 is 0 Å². The molecule has 1 aliphatic heterocycles. The molecule has 0 amide bonds. The first-order valence-corrected chi connectivity index (χ1v) is 7.64. The maximum atomic E-state index is 3.52. The van der Waals surface area contributed by atoms with Gasteiger partial charge in [-0.2, -0.15) is 0 Å². The van der Waals surface area contributed by atoms with Crippen LogP contribution in [0.4, 0.5) is 0 Å². The van der Waals surface area contributed by atoms with E-state index >= 15 is 0 Å². The number of piperazine rings is 1. The van der Waals surface area contributed by atoms with E-state index in [1.807, 2.05) is 0 Å². The van der Waals surface area contributed by atoms with Crippen molar-refractivity contribution in [2.24, 2.45) is 0 Å². The summed E-state index contributed by atoms with van der Waals surface area (Å²) in [6.07, 6.45) is 1.17. The zero-order valence-corrected chi connectivity index (χ0v) is 13.6. The van der Waals surface area contributed by atoms with Crippen LogP contribution in [0.15, 0.2) is 18.2 Å². The molecule has 1 heterocycles. The zero-order valence-electron chi connectivity index (χ0n) is 13.6. The highest BCUT2D eigenvalue weighted by molar-refractivity contribution is 5.33. The van der Waals surface area contributed by atoms with E-state index in [1.165, 1.54) is 42.7 Å². The van der Waals surface area contributed by atoms with Gasteiger partial charge in [0.25, 0.3) is 0 Å². The summed E-state index contributed by atoms with van der Waals surface area (Å²) in [6, 6.07) is 7.87. The van der Waals surface area contributed by atoms with Crippen molar-refractivity contribution in [2.75, 3.05) is 40.8 Å². The summed E-state index contributed by atoms with van der Waals surface area (Å²) < 4.78 is 0. The summed E-state index contributed by atoms with van der Waals surface area (Å²) >= 11 is 0. The number of hydrogen-bond acceptors (Lipinski definition) is 3. The summed E-state index contributed by atoms with van der Waals surface area (Å²) in [7, 11) is 6.56. The molecule has 0 radical (unpaired) electrons. The highest BCUT2D eigenvalue weighted by Gasteiger charge is 2.25. The van der Waals surface area contributed by atoms with Crippen molar-refractivity contribution < 1.29 is 0 Å². The summed E-state index contributed by atoms with van der Waals surface area (Å²) in [5.74, 6) is 0. The fourth-order valence-electron chi connectivity index (χ4n) is 3.24. The van der Waals surface area contributed by atoms with Crippen molar-refractivity contribution in [3.63, 3.8) is 0 Å². The zero-order chi connectivity index (χ0) is 14.7. The highest BCUT2D eigenvalue weighted by Crippen LogP contribution is 2.25. The number of likely N-dealkylation sites (N-methyl/N-ethyl adjacent to an activating group) is 2. The molecule has 0 aliphatic carbocycles. The lowest BCUT2D eigenvalue weighted by atomic mass is 9.93. The number of nitrogens with zero attached hydrogens (tertiary/aromatic N) is 2. The minimum Gasteiger partial charge on any atom is -0.313 e. The maximum Gasteiger partial charge on any atom is 0.0335 e. The van der Waals surface area contributed by atoms with Crippen LogP contribution in [0.25, 0.3) is 0 Å². The SMILES string of the molecule is CNC(CC1CN(C)CCN1C)c1ccc(C)cc1C. The third-order valence-corrected chi connectivity index (χ3v) is 4.64. The van der Waals surface area contributed by atoms with Crippen LogP contribution in [0.1, 0.15) is 29.2 Å². The van der Waals surface area contributed by atoms with E-state index in [2.05, 4.69) is 68.3 Å². The van der Waals surface area contributed by atoms with Gasteiger partial charge in [0.05, 0.1) is 0 Å². The van der Waals surface area contributed by atoms with Gasteiger partial charge in [-0.3, -0.25) is 0 Å². The second kappa shape index (κ2) is 6.70. The van der Waals surface area contributed by atoms with Crippen LogP contribution in [-0.2, 0) is 0 Å². The van der Waals surface area contributed by atoms with Crippen molar-refractivity contribution in [1.29, 1.82) is 0 Å². The van der Waals surface area contributed by atoms with Gasteiger partial charge in [-0.25, -0.2) is 0 Å². The number of nitrogens with one attached hydrogen (secondary N) is 1. The third kappa shape index (κ3) is 3.60. The smallest absolute Gasteiger partial charge is 0.0335 e. The predicted molar refractivity (Wildman–Crippen MR) is 86.2 cm³/mol. The Kier molecular flexibility index (Phi) is 5.19. The van der Waals surface area contributed by atoms with Gasteiger partial charge in [-0.05, 0) is 52.5 Å². The van der Waals surface area contributed by atoms with Crippen LogP contribution in [0, 0.1) is 13.8 Å². The second-order valence-corrected chi connectivity index (χ2v) is 6.33.